The van der Waals surface area contributed by atoms with Crippen LogP contribution in [0.15, 0.2) is 59.7 Å². The van der Waals surface area contributed by atoms with Crippen LogP contribution >= 0.6 is 11.6 Å². The summed E-state index contributed by atoms with van der Waals surface area (Å²) in [5.41, 5.74) is -0.988. The van der Waals surface area contributed by atoms with E-state index in [0.717, 1.165) is 0 Å². The normalized spacial score (nSPS) is 19.1. The van der Waals surface area contributed by atoms with Crippen molar-refractivity contribution in [1.29, 1.82) is 0 Å². The number of anilines is 1. The lowest BCUT2D eigenvalue weighted by molar-refractivity contribution is -0.123. The van der Waals surface area contributed by atoms with Crippen LogP contribution in [-0.2, 0) is 4.79 Å². The summed E-state index contributed by atoms with van der Waals surface area (Å²) in [5, 5.41) is 14.9. The van der Waals surface area contributed by atoms with Crippen molar-refractivity contribution in [3.8, 4) is 0 Å². The molecule has 1 amide bonds. The second-order valence-electron chi connectivity index (χ2n) is 5.44. The molecular weight excluding hydrogens is 357 g/mol. The van der Waals surface area contributed by atoms with Crippen molar-refractivity contribution in [3.05, 3.63) is 65.2 Å². The van der Waals surface area contributed by atoms with Gasteiger partial charge in [-0.1, -0.05) is 41.9 Å². The Bertz CT molecular complexity index is 807. The van der Waals surface area contributed by atoms with Crippen LogP contribution < -0.4 is 5.01 Å². The Hall–Kier alpha value is -2.38. The predicted octanol–water partition coefficient (Wildman–Crippen LogP) is 3.95. The van der Waals surface area contributed by atoms with Gasteiger partial charge in [0.1, 0.15) is 5.92 Å². The monoisotopic (exact) mass is 368 g/mol. The van der Waals surface area contributed by atoms with Gasteiger partial charge in [0.2, 0.25) is 0 Å². The van der Waals surface area contributed by atoms with E-state index in [4.69, 9.17) is 11.6 Å². The molecule has 0 radical (unpaired) electrons. The van der Waals surface area contributed by atoms with E-state index in [0.29, 0.717) is 10.0 Å². The summed E-state index contributed by atoms with van der Waals surface area (Å²) < 4.78 is 40.1. The first kappa shape index (κ1) is 17.4. The highest BCUT2D eigenvalue weighted by atomic mass is 35.5. The van der Waals surface area contributed by atoms with Crippen LogP contribution in [0.5, 0.6) is 0 Å². The van der Waals surface area contributed by atoms with E-state index < -0.39 is 29.8 Å². The Balaban J connectivity index is 2.01. The zero-order valence-electron chi connectivity index (χ0n) is 12.6. The largest absolute Gasteiger partial charge is 0.432 e. The van der Waals surface area contributed by atoms with Crippen molar-refractivity contribution in [1.82, 2.24) is 0 Å². The highest BCUT2D eigenvalue weighted by Gasteiger charge is 2.53. The molecule has 3 rings (SSSR count). The second-order valence-corrected chi connectivity index (χ2v) is 5.88. The smallest absolute Gasteiger partial charge is 0.387 e. The molecule has 1 N–H and O–H groups in total. The van der Waals surface area contributed by atoms with E-state index in [2.05, 4.69) is 5.10 Å². The van der Waals surface area contributed by atoms with Gasteiger partial charge in [-0.05, 0) is 29.8 Å². The van der Waals surface area contributed by atoms with Gasteiger partial charge in [0.25, 0.3) is 5.91 Å². The fourth-order valence-corrected chi connectivity index (χ4v) is 2.72. The number of carbonyl (C=O) groups is 1. The molecule has 1 aliphatic heterocycles. The van der Waals surface area contributed by atoms with Crippen LogP contribution in [0, 0.1) is 5.92 Å². The van der Waals surface area contributed by atoms with Gasteiger partial charge in [0.05, 0.1) is 11.8 Å². The molecule has 0 unspecified atom stereocenters. The third kappa shape index (κ3) is 3.38. The van der Waals surface area contributed by atoms with Gasteiger partial charge < -0.3 is 5.11 Å². The van der Waals surface area contributed by atoms with E-state index in [9.17, 15) is 23.1 Å². The molecule has 1 aliphatic rings. The maximum absolute atomic E-state index is 13.4. The van der Waals surface area contributed by atoms with E-state index >= 15 is 0 Å². The molecular formula is C17H12ClF3N2O2. The summed E-state index contributed by atoms with van der Waals surface area (Å²) >= 11 is 5.75. The summed E-state index contributed by atoms with van der Waals surface area (Å²) in [6.07, 6.45) is -6.55. The zero-order chi connectivity index (χ0) is 18.2. The van der Waals surface area contributed by atoms with Crippen LogP contribution in [-0.4, -0.2) is 22.9 Å². The summed E-state index contributed by atoms with van der Waals surface area (Å²) in [5.74, 6) is -2.79. The number of para-hydroxylation sites is 1. The molecule has 0 spiro atoms. The molecule has 2 aromatic carbocycles. The fraction of sp³-hybridized carbons (Fsp3) is 0.176. The Morgan fingerprint density at radius 1 is 1.08 bits per heavy atom. The number of aliphatic hydroxyl groups excluding tert-OH is 1. The highest BCUT2D eigenvalue weighted by molar-refractivity contribution is 6.30. The lowest BCUT2D eigenvalue weighted by Gasteiger charge is -2.20. The van der Waals surface area contributed by atoms with Crippen molar-refractivity contribution in [2.24, 2.45) is 11.0 Å². The second kappa shape index (κ2) is 6.50. The van der Waals surface area contributed by atoms with Crippen molar-refractivity contribution < 1.29 is 23.1 Å². The molecule has 0 bridgehead atoms. The average Bonchev–Trinajstić information content (AvgIpc) is 2.93. The first-order valence-electron chi connectivity index (χ1n) is 7.27. The molecule has 0 fully saturated rings. The van der Waals surface area contributed by atoms with Gasteiger partial charge in [0.15, 0.2) is 5.71 Å². The van der Waals surface area contributed by atoms with Crippen LogP contribution in [0.3, 0.4) is 0 Å². The van der Waals surface area contributed by atoms with Gasteiger partial charge in [-0.25, -0.2) is 0 Å². The Morgan fingerprint density at radius 3 is 2.24 bits per heavy atom. The third-order valence-electron chi connectivity index (χ3n) is 3.80. The third-order valence-corrected chi connectivity index (χ3v) is 4.05. The quantitative estimate of drug-likeness (QED) is 0.891. The predicted molar refractivity (Wildman–Crippen MR) is 87.3 cm³/mol. The zero-order valence-corrected chi connectivity index (χ0v) is 13.4. The molecule has 0 aromatic heterocycles. The topological polar surface area (TPSA) is 52.9 Å². The average molecular weight is 369 g/mol. The molecule has 0 saturated carbocycles. The van der Waals surface area contributed by atoms with Crippen LogP contribution in [0.2, 0.25) is 5.02 Å². The minimum atomic E-state index is -4.85. The summed E-state index contributed by atoms with van der Waals surface area (Å²) in [7, 11) is 0. The lowest BCUT2D eigenvalue weighted by Crippen LogP contribution is -2.37. The lowest BCUT2D eigenvalue weighted by atomic mass is 9.91. The summed E-state index contributed by atoms with van der Waals surface area (Å²) in [6.45, 7) is 0. The van der Waals surface area contributed by atoms with Crippen molar-refractivity contribution in [3.63, 3.8) is 0 Å². The number of hydrogen-bond donors (Lipinski definition) is 1. The van der Waals surface area contributed by atoms with Gasteiger partial charge in [-0.3, -0.25) is 4.79 Å². The van der Waals surface area contributed by atoms with Crippen LogP contribution in [0.4, 0.5) is 18.9 Å². The number of nitrogens with zero attached hydrogens (tertiary/aromatic N) is 2. The summed E-state index contributed by atoms with van der Waals surface area (Å²) in [4.78, 5) is 12.6. The van der Waals surface area contributed by atoms with E-state index in [1.54, 1.807) is 18.2 Å². The minimum Gasteiger partial charge on any atom is -0.387 e. The number of carbonyl (C=O) groups excluding carboxylic acids is 1. The van der Waals surface area contributed by atoms with E-state index in [1.165, 1.54) is 36.4 Å². The number of hydrazone groups is 1. The standard InChI is InChI=1S/C17H12ClF3N2O2/c18-11-8-6-10(7-9-11)14(24)13-15(17(19,20)21)22-23(16(13)25)12-4-2-1-3-5-12/h1-9,13-14,24H/t13-,14+/m1/s1. The van der Waals surface area contributed by atoms with Crippen molar-refractivity contribution >= 4 is 28.9 Å². The minimum absolute atomic E-state index is 0.148. The van der Waals surface area contributed by atoms with Crippen LogP contribution in [0.25, 0.3) is 0 Å². The molecule has 2 aromatic rings. The van der Waals surface area contributed by atoms with E-state index in [-0.39, 0.29) is 11.3 Å². The Morgan fingerprint density at radius 2 is 1.68 bits per heavy atom. The molecule has 0 saturated heterocycles. The number of benzene rings is 2. The number of halogens is 4. The first-order valence-corrected chi connectivity index (χ1v) is 7.65. The van der Waals surface area contributed by atoms with Crippen LogP contribution in [0.1, 0.15) is 11.7 Å². The summed E-state index contributed by atoms with van der Waals surface area (Å²) in [6, 6.07) is 13.4. The Labute approximate surface area is 146 Å². The molecule has 2 atom stereocenters. The number of rotatable bonds is 3. The van der Waals surface area contributed by atoms with Crippen molar-refractivity contribution in [2.45, 2.75) is 12.3 Å². The van der Waals surface area contributed by atoms with E-state index in [1.807, 2.05) is 0 Å². The van der Waals surface area contributed by atoms with Crippen molar-refractivity contribution in [2.75, 3.05) is 5.01 Å². The molecule has 4 nitrogen and oxygen atoms in total. The van der Waals surface area contributed by atoms with Gasteiger partial charge in [-0.15, -0.1) is 0 Å². The number of amides is 1. The molecule has 25 heavy (non-hydrogen) atoms. The van der Waals surface area contributed by atoms with Gasteiger partial charge >= 0.3 is 6.18 Å². The molecule has 0 aliphatic carbocycles. The number of aliphatic hydroxyl groups is 1. The van der Waals surface area contributed by atoms with Gasteiger partial charge in [0, 0.05) is 5.02 Å². The molecule has 8 heteroatoms. The SMILES string of the molecule is O=C1[C@H]([C@@H](O)c2ccc(Cl)cc2)C(C(F)(F)F)=NN1c1ccccc1. The Kier molecular flexibility index (Phi) is 4.53. The van der Waals surface area contributed by atoms with Gasteiger partial charge in [-0.2, -0.15) is 23.3 Å². The maximum atomic E-state index is 13.4. The maximum Gasteiger partial charge on any atom is 0.432 e. The highest BCUT2D eigenvalue weighted by Crippen LogP contribution is 2.38. The fourth-order valence-electron chi connectivity index (χ4n) is 2.59. The first-order chi connectivity index (χ1) is 11.8. The number of alkyl halides is 3. The number of hydrogen-bond acceptors (Lipinski definition) is 3. The molecule has 1 heterocycles. The molecule has 130 valence electrons.